The lowest BCUT2D eigenvalue weighted by Gasteiger charge is -2.19. The van der Waals surface area contributed by atoms with E-state index in [4.69, 9.17) is 32.7 Å². The van der Waals surface area contributed by atoms with Crippen LogP contribution in [0.25, 0.3) is 17.2 Å². The molecule has 1 heterocycles. The number of halogens is 3. The van der Waals surface area contributed by atoms with E-state index in [1.165, 1.54) is 43.5 Å². The first kappa shape index (κ1) is 23.7. The van der Waals surface area contributed by atoms with Crippen molar-refractivity contribution < 1.29 is 27.1 Å². The molecule has 2 aromatic carbocycles. The number of carbonyl (C=O) groups is 1. The quantitative estimate of drug-likeness (QED) is 0.313. The van der Waals surface area contributed by atoms with E-state index < -0.39 is 21.8 Å². The van der Waals surface area contributed by atoms with E-state index in [0.717, 1.165) is 4.31 Å². The van der Waals surface area contributed by atoms with Gasteiger partial charge in [0.2, 0.25) is 10.0 Å². The summed E-state index contributed by atoms with van der Waals surface area (Å²) in [6, 6.07) is 7.00. The van der Waals surface area contributed by atoms with Gasteiger partial charge in [-0.2, -0.15) is 4.31 Å². The van der Waals surface area contributed by atoms with Gasteiger partial charge in [-0.15, -0.1) is 0 Å². The smallest absolute Gasteiger partial charge is 0.330 e. The highest BCUT2D eigenvalue weighted by Crippen LogP contribution is 2.38. The average Bonchev–Trinajstić information content (AvgIpc) is 3.49. The first-order valence-electron chi connectivity index (χ1n) is 9.35. The molecule has 1 saturated heterocycles. The minimum Gasteiger partial charge on any atom is -0.463 e. The molecule has 31 heavy (non-hydrogen) atoms. The van der Waals surface area contributed by atoms with Crippen LogP contribution in [0.1, 0.15) is 12.5 Å². The molecule has 6 nitrogen and oxygen atoms in total. The van der Waals surface area contributed by atoms with E-state index in [9.17, 15) is 17.6 Å². The normalized spacial score (nSPS) is 16.1. The summed E-state index contributed by atoms with van der Waals surface area (Å²) in [6.07, 6.45) is 2.44. The molecule has 0 N–H and O–H groups in total. The number of likely N-dealkylation sites (N-methyl/N-ethyl adjacent to an activating group) is 1. The number of ether oxygens (including phenoxy) is 2. The molecule has 1 fully saturated rings. The van der Waals surface area contributed by atoms with Crippen molar-refractivity contribution in [3.05, 3.63) is 57.8 Å². The summed E-state index contributed by atoms with van der Waals surface area (Å²) < 4.78 is 51.6. The highest BCUT2D eigenvalue weighted by molar-refractivity contribution is 7.89. The Morgan fingerprint density at radius 3 is 2.55 bits per heavy atom. The number of carbonyl (C=O) groups excluding carboxylic acids is 1. The lowest BCUT2D eigenvalue weighted by Crippen LogP contribution is -2.31. The SMILES string of the molecule is CCOC(=O)C=Cc1cccc(F)c1-c1cc(Cl)c(S(=O)(=O)N(C)C[C@H]2CO2)c(Cl)c1. The van der Waals surface area contributed by atoms with E-state index in [0.29, 0.717) is 12.2 Å². The van der Waals surface area contributed by atoms with Crippen molar-refractivity contribution in [1.29, 1.82) is 0 Å². The van der Waals surface area contributed by atoms with Gasteiger partial charge >= 0.3 is 5.97 Å². The van der Waals surface area contributed by atoms with Gasteiger partial charge in [0.1, 0.15) is 10.7 Å². The molecule has 1 aliphatic rings. The minimum absolute atomic E-state index is 0.121. The third-order valence-electron chi connectivity index (χ3n) is 4.55. The molecule has 0 amide bonds. The second-order valence-corrected chi connectivity index (χ2v) is 9.60. The number of hydrogen-bond acceptors (Lipinski definition) is 5. The van der Waals surface area contributed by atoms with Crippen LogP contribution in [0.3, 0.4) is 0 Å². The van der Waals surface area contributed by atoms with Gasteiger partial charge in [-0.3, -0.25) is 0 Å². The molecule has 2 aromatic rings. The predicted octanol–water partition coefficient (Wildman–Crippen LogP) is 4.40. The van der Waals surface area contributed by atoms with Crippen molar-refractivity contribution in [2.45, 2.75) is 17.9 Å². The molecular weight excluding hydrogens is 468 g/mol. The lowest BCUT2D eigenvalue weighted by molar-refractivity contribution is -0.137. The van der Waals surface area contributed by atoms with Crippen molar-refractivity contribution in [2.75, 3.05) is 26.8 Å². The van der Waals surface area contributed by atoms with E-state index in [1.54, 1.807) is 13.0 Å². The molecule has 3 rings (SSSR count). The first-order valence-corrected chi connectivity index (χ1v) is 11.6. The minimum atomic E-state index is -3.98. The summed E-state index contributed by atoms with van der Waals surface area (Å²) in [5.41, 5.74) is 0.762. The van der Waals surface area contributed by atoms with Crippen LogP contribution in [-0.4, -0.2) is 51.6 Å². The number of rotatable bonds is 8. The van der Waals surface area contributed by atoms with Crippen molar-refractivity contribution in [3.63, 3.8) is 0 Å². The summed E-state index contributed by atoms with van der Waals surface area (Å²) in [6.45, 7) is 2.55. The van der Waals surface area contributed by atoms with Crippen LogP contribution in [0.15, 0.2) is 41.3 Å². The molecule has 1 aliphatic heterocycles. The Hall–Kier alpha value is -1.97. The van der Waals surface area contributed by atoms with E-state index in [2.05, 4.69) is 0 Å². The molecular formula is C21H20Cl2FNO5S. The third kappa shape index (κ3) is 5.45. The molecule has 0 spiro atoms. The molecule has 0 saturated carbocycles. The van der Waals surface area contributed by atoms with Crippen LogP contribution in [0.4, 0.5) is 4.39 Å². The number of hydrogen-bond donors (Lipinski definition) is 0. The molecule has 1 atom stereocenters. The Bertz CT molecular complexity index is 1110. The van der Waals surface area contributed by atoms with Gasteiger partial charge in [-0.05, 0) is 42.3 Å². The van der Waals surface area contributed by atoms with Crippen molar-refractivity contribution in [2.24, 2.45) is 0 Å². The summed E-state index contributed by atoms with van der Waals surface area (Å²) >= 11 is 12.6. The molecule has 0 aromatic heterocycles. The zero-order chi connectivity index (χ0) is 22.8. The molecule has 0 radical (unpaired) electrons. The van der Waals surface area contributed by atoms with Gasteiger partial charge in [-0.1, -0.05) is 35.3 Å². The Kier molecular flexibility index (Phi) is 7.39. The maximum atomic E-state index is 14.7. The van der Waals surface area contributed by atoms with Gasteiger partial charge in [-0.25, -0.2) is 17.6 Å². The van der Waals surface area contributed by atoms with Gasteiger partial charge in [0.05, 0.1) is 29.4 Å². The monoisotopic (exact) mass is 487 g/mol. The van der Waals surface area contributed by atoms with Crippen molar-refractivity contribution >= 4 is 45.3 Å². The number of sulfonamides is 1. The summed E-state index contributed by atoms with van der Waals surface area (Å²) in [5, 5.41) is -0.288. The third-order valence-corrected chi connectivity index (χ3v) is 7.30. The molecule has 10 heteroatoms. The largest absolute Gasteiger partial charge is 0.463 e. The second-order valence-electron chi connectivity index (χ2n) is 6.80. The second kappa shape index (κ2) is 9.67. The number of esters is 1. The Morgan fingerprint density at radius 2 is 1.97 bits per heavy atom. The Labute approximate surface area is 190 Å². The molecule has 0 unspecified atom stereocenters. The van der Waals surface area contributed by atoms with Crippen LogP contribution >= 0.6 is 23.2 Å². The van der Waals surface area contributed by atoms with E-state index in [1.807, 2.05) is 0 Å². The Balaban J connectivity index is 2.03. The van der Waals surface area contributed by atoms with Gasteiger partial charge in [0.15, 0.2) is 0 Å². The van der Waals surface area contributed by atoms with E-state index >= 15 is 0 Å². The predicted molar refractivity (Wildman–Crippen MR) is 117 cm³/mol. The number of nitrogens with zero attached hydrogens (tertiary/aromatic N) is 1. The maximum Gasteiger partial charge on any atom is 0.330 e. The lowest BCUT2D eigenvalue weighted by atomic mass is 9.98. The zero-order valence-corrected chi connectivity index (χ0v) is 19.1. The fourth-order valence-corrected chi connectivity index (χ4v) is 5.35. The molecule has 0 aliphatic carbocycles. The zero-order valence-electron chi connectivity index (χ0n) is 16.8. The van der Waals surface area contributed by atoms with E-state index in [-0.39, 0.29) is 45.3 Å². The topological polar surface area (TPSA) is 76.2 Å². The van der Waals surface area contributed by atoms with Crippen molar-refractivity contribution in [1.82, 2.24) is 4.31 Å². The van der Waals surface area contributed by atoms with Crippen LogP contribution in [0, 0.1) is 5.82 Å². The fraction of sp³-hybridized carbons (Fsp3) is 0.286. The summed E-state index contributed by atoms with van der Waals surface area (Å²) in [5.74, 6) is -1.16. The first-order chi connectivity index (χ1) is 14.6. The molecule has 0 bridgehead atoms. The number of benzene rings is 2. The van der Waals surface area contributed by atoms with Crippen LogP contribution in [-0.2, 0) is 24.3 Å². The van der Waals surface area contributed by atoms with Crippen LogP contribution < -0.4 is 0 Å². The Morgan fingerprint density at radius 1 is 1.32 bits per heavy atom. The summed E-state index contributed by atoms with van der Waals surface area (Å²) in [4.78, 5) is 11.4. The molecule has 166 valence electrons. The standard InChI is InChI=1S/C21H20Cl2FNO5S/c1-3-29-19(26)8-7-13-5-4-6-18(24)20(13)14-9-16(22)21(17(23)10-14)31(27,28)25(2)11-15-12-30-15/h4-10,15H,3,11-12H2,1-2H3/t15-/m0/s1. The maximum absolute atomic E-state index is 14.7. The number of epoxide rings is 1. The van der Waals surface area contributed by atoms with Crippen LogP contribution in [0.2, 0.25) is 10.0 Å². The van der Waals surface area contributed by atoms with Crippen molar-refractivity contribution in [3.8, 4) is 11.1 Å². The highest BCUT2D eigenvalue weighted by atomic mass is 35.5. The van der Waals surface area contributed by atoms with Crippen LogP contribution in [0.5, 0.6) is 0 Å². The highest BCUT2D eigenvalue weighted by Gasteiger charge is 2.33. The van der Waals surface area contributed by atoms with Gasteiger partial charge < -0.3 is 9.47 Å². The van der Waals surface area contributed by atoms with Gasteiger partial charge in [0.25, 0.3) is 0 Å². The fourth-order valence-electron chi connectivity index (χ4n) is 3.00. The summed E-state index contributed by atoms with van der Waals surface area (Å²) in [7, 11) is -2.57. The van der Waals surface area contributed by atoms with Gasteiger partial charge in [0, 0.05) is 25.2 Å². The average molecular weight is 488 g/mol.